The summed E-state index contributed by atoms with van der Waals surface area (Å²) < 4.78 is 0. The summed E-state index contributed by atoms with van der Waals surface area (Å²) in [4.78, 5) is 21.3. The summed E-state index contributed by atoms with van der Waals surface area (Å²) in [7, 11) is 0. The Hall–Kier alpha value is -3.01. The predicted molar refractivity (Wildman–Crippen MR) is 86.5 cm³/mol. The SMILES string of the molecule is Cc1nc(-c2ccccc2)nc(N)c1C(=O)c1ccccc1. The monoisotopic (exact) mass is 289 g/mol. The van der Waals surface area contributed by atoms with Crippen LogP contribution in [0.5, 0.6) is 0 Å². The minimum Gasteiger partial charge on any atom is -0.383 e. The van der Waals surface area contributed by atoms with E-state index in [0.29, 0.717) is 22.6 Å². The highest BCUT2D eigenvalue weighted by Crippen LogP contribution is 2.22. The number of hydrogen-bond acceptors (Lipinski definition) is 4. The first kappa shape index (κ1) is 13.9. The van der Waals surface area contributed by atoms with Gasteiger partial charge >= 0.3 is 0 Å². The number of benzene rings is 2. The van der Waals surface area contributed by atoms with E-state index in [2.05, 4.69) is 9.97 Å². The molecule has 22 heavy (non-hydrogen) atoms. The van der Waals surface area contributed by atoms with Gasteiger partial charge in [0.2, 0.25) is 0 Å². The number of rotatable bonds is 3. The Morgan fingerprint density at radius 2 is 1.50 bits per heavy atom. The van der Waals surface area contributed by atoms with E-state index in [1.165, 1.54) is 0 Å². The molecule has 0 atom stereocenters. The lowest BCUT2D eigenvalue weighted by atomic mass is 10.0. The molecule has 4 nitrogen and oxygen atoms in total. The van der Waals surface area contributed by atoms with E-state index in [1.807, 2.05) is 48.5 Å². The van der Waals surface area contributed by atoms with Crippen molar-refractivity contribution < 1.29 is 4.79 Å². The molecular formula is C18H15N3O. The zero-order valence-electron chi connectivity index (χ0n) is 12.2. The van der Waals surface area contributed by atoms with Gasteiger partial charge in [0.25, 0.3) is 0 Å². The Kier molecular flexibility index (Phi) is 3.66. The summed E-state index contributed by atoms with van der Waals surface area (Å²) in [6, 6.07) is 18.6. The van der Waals surface area contributed by atoms with Crippen molar-refractivity contribution in [1.29, 1.82) is 0 Å². The van der Waals surface area contributed by atoms with Crippen LogP contribution in [0.1, 0.15) is 21.6 Å². The molecule has 0 spiro atoms. The average Bonchev–Trinajstić information content (AvgIpc) is 2.55. The average molecular weight is 289 g/mol. The summed E-state index contributed by atoms with van der Waals surface area (Å²) in [5.41, 5.74) is 8.42. The van der Waals surface area contributed by atoms with E-state index in [1.54, 1.807) is 19.1 Å². The molecule has 0 bridgehead atoms. The third-order valence-corrected chi connectivity index (χ3v) is 3.41. The fourth-order valence-corrected chi connectivity index (χ4v) is 2.33. The third-order valence-electron chi connectivity index (χ3n) is 3.41. The molecule has 1 heterocycles. The standard InChI is InChI=1S/C18H15N3O/c1-12-15(16(22)13-8-4-2-5-9-13)17(19)21-18(20-12)14-10-6-3-7-11-14/h2-11H,1H3,(H2,19,20,21). The van der Waals surface area contributed by atoms with Gasteiger partial charge in [-0.3, -0.25) is 4.79 Å². The van der Waals surface area contributed by atoms with Crippen molar-refractivity contribution in [3.8, 4) is 11.4 Å². The molecule has 2 aromatic carbocycles. The summed E-state index contributed by atoms with van der Waals surface area (Å²) in [5.74, 6) is 0.579. The van der Waals surface area contributed by atoms with Gasteiger partial charge in [-0.2, -0.15) is 0 Å². The van der Waals surface area contributed by atoms with Gasteiger partial charge in [0, 0.05) is 11.1 Å². The molecule has 0 fully saturated rings. The van der Waals surface area contributed by atoms with Crippen LogP contribution in [0.3, 0.4) is 0 Å². The number of carbonyl (C=O) groups is 1. The van der Waals surface area contributed by atoms with Crippen LogP contribution in [0.25, 0.3) is 11.4 Å². The molecule has 3 rings (SSSR count). The molecule has 1 aromatic heterocycles. The predicted octanol–water partition coefficient (Wildman–Crippen LogP) is 3.27. The first-order valence-corrected chi connectivity index (χ1v) is 6.96. The molecule has 0 unspecified atom stereocenters. The lowest BCUT2D eigenvalue weighted by molar-refractivity contribution is 0.103. The highest BCUT2D eigenvalue weighted by atomic mass is 16.1. The third kappa shape index (κ3) is 2.59. The molecule has 0 aliphatic rings. The minimum absolute atomic E-state index is 0.157. The maximum atomic E-state index is 12.6. The van der Waals surface area contributed by atoms with E-state index < -0.39 is 0 Å². The number of anilines is 1. The summed E-state index contributed by atoms with van der Waals surface area (Å²) in [5, 5.41) is 0. The molecule has 0 radical (unpaired) electrons. The fraction of sp³-hybridized carbons (Fsp3) is 0.0556. The maximum absolute atomic E-state index is 12.6. The maximum Gasteiger partial charge on any atom is 0.198 e. The van der Waals surface area contributed by atoms with Crippen molar-refractivity contribution in [2.45, 2.75) is 6.92 Å². The van der Waals surface area contributed by atoms with Crippen LogP contribution in [0.2, 0.25) is 0 Å². The van der Waals surface area contributed by atoms with Crippen LogP contribution in [0.15, 0.2) is 60.7 Å². The normalized spacial score (nSPS) is 10.4. The first-order valence-electron chi connectivity index (χ1n) is 6.96. The highest BCUT2D eigenvalue weighted by Gasteiger charge is 2.18. The number of carbonyl (C=O) groups excluding carboxylic acids is 1. The lowest BCUT2D eigenvalue weighted by Crippen LogP contribution is -2.12. The molecule has 0 saturated carbocycles. The molecule has 4 heteroatoms. The number of nitrogens with zero attached hydrogens (tertiary/aromatic N) is 2. The zero-order chi connectivity index (χ0) is 15.5. The molecule has 2 N–H and O–H groups in total. The van der Waals surface area contributed by atoms with Crippen LogP contribution in [-0.4, -0.2) is 15.8 Å². The molecule has 0 saturated heterocycles. The largest absolute Gasteiger partial charge is 0.383 e. The van der Waals surface area contributed by atoms with E-state index in [4.69, 9.17) is 5.73 Å². The summed E-state index contributed by atoms with van der Waals surface area (Å²) in [6.45, 7) is 1.78. The van der Waals surface area contributed by atoms with Crippen molar-refractivity contribution in [1.82, 2.24) is 9.97 Å². The van der Waals surface area contributed by atoms with Crippen molar-refractivity contribution in [2.75, 3.05) is 5.73 Å². The Balaban J connectivity index is 2.06. The van der Waals surface area contributed by atoms with Crippen LogP contribution in [-0.2, 0) is 0 Å². The topological polar surface area (TPSA) is 68.9 Å². The van der Waals surface area contributed by atoms with Crippen molar-refractivity contribution >= 4 is 11.6 Å². The number of nitrogens with two attached hydrogens (primary N) is 1. The second-order valence-corrected chi connectivity index (χ2v) is 4.95. The van der Waals surface area contributed by atoms with Gasteiger partial charge in [-0.25, -0.2) is 9.97 Å². The van der Waals surface area contributed by atoms with Crippen LogP contribution in [0.4, 0.5) is 5.82 Å². The summed E-state index contributed by atoms with van der Waals surface area (Å²) >= 11 is 0. The molecule has 0 aliphatic carbocycles. The second kappa shape index (κ2) is 5.77. The molecular weight excluding hydrogens is 274 g/mol. The minimum atomic E-state index is -0.157. The summed E-state index contributed by atoms with van der Waals surface area (Å²) in [6.07, 6.45) is 0. The number of aryl methyl sites for hydroxylation is 1. The quantitative estimate of drug-likeness (QED) is 0.751. The van der Waals surface area contributed by atoms with E-state index in [-0.39, 0.29) is 11.6 Å². The number of ketones is 1. The fourth-order valence-electron chi connectivity index (χ4n) is 2.33. The highest BCUT2D eigenvalue weighted by molar-refractivity contribution is 6.12. The number of aromatic nitrogens is 2. The van der Waals surface area contributed by atoms with Gasteiger partial charge in [-0.1, -0.05) is 60.7 Å². The van der Waals surface area contributed by atoms with Crippen molar-refractivity contribution in [2.24, 2.45) is 0 Å². The molecule has 3 aromatic rings. The van der Waals surface area contributed by atoms with Gasteiger partial charge in [0.15, 0.2) is 11.6 Å². The van der Waals surface area contributed by atoms with Gasteiger partial charge in [-0.05, 0) is 6.92 Å². The Labute approximate surface area is 128 Å². The van der Waals surface area contributed by atoms with Crippen LogP contribution >= 0.6 is 0 Å². The van der Waals surface area contributed by atoms with Crippen LogP contribution < -0.4 is 5.73 Å². The number of hydrogen-bond donors (Lipinski definition) is 1. The van der Waals surface area contributed by atoms with Gasteiger partial charge < -0.3 is 5.73 Å². The molecule has 108 valence electrons. The zero-order valence-corrected chi connectivity index (χ0v) is 12.2. The van der Waals surface area contributed by atoms with Gasteiger partial charge in [0.05, 0.1) is 11.3 Å². The van der Waals surface area contributed by atoms with E-state index in [0.717, 1.165) is 5.56 Å². The smallest absolute Gasteiger partial charge is 0.198 e. The van der Waals surface area contributed by atoms with Crippen molar-refractivity contribution in [3.63, 3.8) is 0 Å². The Morgan fingerprint density at radius 3 is 2.09 bits per heavy atom. The van der Waals surface area contributed by atoms with E-state index in [9.17, 15) is 4.79 Å². The van der Waals surface area contributed by atoms with Gasteiger partial charge in [-0.15, -0.1) is 0 Å². The second-order valence-electron chi connectivity index (χ2n) is 4.95. The van der Waals surface area contributed by atoms with E-state index >= 15 is 0 Å². The Morgan fingerprint density at radius 1 is 0.909 bits per heavy atom. The first-order chi connectivity index (χ1) is 10.7. The number of nitrogen functional groups attached to an aromatic ring is 1. The van der Waals surface area contributed by atoms with Crippen molar-refractivity contribution in [3.05, 3.63) is 77.5 Å². The molecule has 0 amide bonds. The lowest BCUT2D eigenvalue weighted by Gasteiger charge is -2.10. The molecule has 0 aliphatic heterocycles. The van der Waals surface area contributed by atoms with Crippen LogP contribution in [0, 0.1) is 6.92 Å². The Bertz CT molecular complexity index is 791. The van der Waals surface area contributed by atoms with Gasteiger partial charge in [0.1, 0.15) is 5.82 Å².